The molecular weight excluding hydrogens is 279 g/mol. The summed E-state index contributed by atoms with van der Waals surface area (Å²) in [6, 6.07) is 6.29. The molecule has 1 aromatic carbocycles. The fourth-order valence-electron chi connectivity index (χ4n) is 2.16. The Balaban J connectivity index is 2.20. The van der Waals surface area contributed by atoms with Crippen LogP contribution in [-0.2, 0) is 19.4 Å². The molecule has 1 atom stereocenters. The van der Waals surface area contributed by atoms with Gasteiger partial charge in [-0.05, 0) is 37.1 Å². The third-order valence-corrected chi connectivity index (χ3v) is 3.60. The van der Waals surface area contributed by atoms with Gasteiger partial charge in [0.2, 0.25) is 0 Å². The summed E-state index contributed by atoms with van der Waals surface area (Å²) in [5.41, 5.74) is 2.58. The average Bonchev–Trinajstić information content (AvgIpc) is 2.84. The van der Waals surface area contributed by atoms with E-state index in [4.69, 9.17) is 11.6 Å². The number of aliphatic hydroxyl groups is 1. The number of hydrogen-bond donors (Lipinski definition) is 1. The largest absolute Gasteiger partial charge is 0.388 e. The highest BCUT2D eigenvalue weighted by Gasteiger charge is 2.14. The number of aryl methyl sites for hydroxylation is 2. The van der Waals surface area contributed by atoms with E-state index in [1.54, 1.807) is 6.07 Å². The van der Waals surface area contributed by atoms with Crippen molar-refractivity contribution < 1.29 is 9.50 Å². The summed E-state index contributed by atoms with van der Waals surface area (Å²) >= 11 is 5.74. The number of aromatic nitrogens is 2. The summed E-state index contributed by atoms with van der Waals surface area (Å²) in [5.74, 6) is -0.477. The maximum absolute atomic E-state index is 13.1. The number of aliphatic hydroxyl groups excluding tert-OH is 1. The lowest BCUT2D eigenvalue weighted by Crippen LogP contribution is -2.08. The second-order valence-electron chi connectivity index (χ2n) is 4.69. The van der Waals surface area contributed by atoms with Crippen LogP contribution < -0.4 is 0 Å². The van der Waals surface area contributed by atoms with E-state index in [9.17, 15) is 9.50 Å². The topological polar surface area (TPSA) is 38.0 Å². The summed E-state index contributed by atoms with van der Waals surface area (Å²) < 4.78 is 15.0. The monoisotopic (exact) mass is 296 g/mol. The van der Waals surface area contributed by atoms with Crippen molar-refractivity contribution in [2.75, 3.05) is 0 Å². The first-order chi connectivity index (χ1) is 9.55. The van der Waals surface area contributed by atoms with Gasteiger partial charge in [-0.15, -0.1) is 0 Å². The lowest BCUT2D eigenvalue weighted by atomic mass is 10.0. The molecule has 1 N–H and O–H groups in total. The van der Waals surface area contributed by atoms with Crippen molar-refractivity contribution in [2.45, 2.75) is 39.3 Å². The third kappa shape index (κ3) is 3.19. The smallest absolute Gasteiger partial charge is 0.141 e. The van der Waals surface area contributed by atoms with Gasteiger partial charge in [-0.3, -0.25) is 4.68 Å². The molecule has 0 saturated carbocycles. The maximum atomic E-state index is 13.1. The standard InChI is InChI=1S/C15H18ClFN2O/c1-3-11-8-12(19(4-2)18-11)9-15(20)10-5-6-14(17)13(16)7-10/h5-8,15,20H,3-4,9H2,1-2H3. The van der Waals surface area contributed by atoms with Gasteiger partial charge in [0.15, 0.2) is 0 Å². The molecule has 0 saturated heterocycles. The number of nitrogens with zero attached hydrogens (tertiary/aromatic N) is 2. The van der Waals surface area contributed by atoms with Gasteiger partial charge in [0.1, 0.15) is 5.82 Å². The number of benzene rings is 1. The summed E-state index contributed by atoms with van der Waals surface area (Å²) in [6.07, 6.45) is 0.571. The zero-order valence-electron chi connectivity index (χ0n) is 11.6. The van der Waals surface area contributed by atoms with Crippen LogP contribution in [0.25, 0.3) is 0 Å². The molecule has 3 nitrogen and oxygen atoms in total. The van der Waals surface area contributed by atoms with E-state index in [1.165, 1.54) is 12.1 Å². The molecule has 0 aliphatic rings. The van der Waals surface area contributed by atoms with E-state index < -0.39 is 11.9 Å². The van der Waals surface area contributed by atoms with Gasteiger partial charge >= 0.3 is 0 Å². The zero-order chi connectivity index (χ0) is 14.7. The Morgan fingerprint density at radius 3 is 2.70 bits per heavy atom. The Bertz CT molecular complexity index is 598. The summed E-state index contributed by atoms with van der Waals surface area (Å²) in [5, 5.41) is 14.7. The summed E-state index contributed by atoms with van der Waals surface area (Å²) in [7, 11) is 0. The van der Waals surface area contributed by atoms with E-state index in [-0.39, 0.29) is 5.02 Å². The minimum Gasteiger partial charge on any atom is -0.388 e. The van der Waals surface area contributed by atoms with Crippen LogP contribution in [0.15, 0.2) is 24.3 Å². The predicted octanol–water partition coefficient (Wildman–Crippen LogP) is 3.53. The molecule has 1 unspecified atom stereocenters. The van der Waals surface area contributed by atoms with Gasteiger partial charge in [0.05, 0.1) is 16.8 Å². The van der Waals surface area contributed by atoms with Crippen LogP contribution in [0.4, 0.5) is 4.39 Å². The van der Waals surface area contributed by atoms with Crippen LogP contribution in [0.1, 0.15) is 36.9 Å². The van der Waals surface area contributed by atoms with Gasteiger partial charge in [-0.1, -0.05) is 24.6 Å². The molecule has 0 aliphatic heterocycles. The van der Waals surface area contributed by atoms with Gasteiger partial charge in [0, 0.05) is 18.7 Å². The van der Waals surface area contributed by atoms with Crippen molar-refractivity contribution in [1.29, 1.82) is 0 Å². The van der Waals surface area contributed by atoms with E-state index >= 15 is 0 Å². The minimum absolute atomic E-state index is 0.0276. The van der Waals surface area contributed by atoms with Crippen LogP contribution in [0.2, 0.25) is 5.02 Å². The normalized spacial score (nSPS) is 12.7. The number of halogens is 2. The second kappa shape index (κ2) is 6.37. The van der Waals surface area contributed by atoms with E-state index in [1.807, 2.05) is 24.6 Å². The van der Waals surface area contributed by atoms with Gasteiger partial charge in [-0.2, -0.15) is 5.10 Å². The molecule has 0 bridgehead atoms. The molecule has 0 aliphatic carbocycles. The summed E-state index contributed by atoms with van der Waals surface area (Å²) in [6.45, 7) is 4.81. The predicted molar refractivity (Wildman–Crippen MR) is 77.4 cm³/mol. The third-order valence-electron chi connectivity index (χ3n) is 3.31. The molecule has 1 aromatic heterocycles. The fourth-order valence-corrected chi connectivity index (χ4v) is 2.35. The molecular formula is C15H18ClFN2O. The average molecular weight is 297 g/mol. The van der Waals surface area contributed by atoms with Crippen molar-refractivity contribution in [3.63, 3.8) is 0 Å². The Hall–Kier alpha value is -1.39. The Morgan fingerprint density at radius 1 is 1.35 bits per heavy atom. The van der Waals surface area contributed by atoms with Crippen LogP contribution in [0.3, 0.4) is 0 Å². The quantitative estimate of drug-likeness (QED) is 0.916. The number of rotatable bonds is 5. The van der Waals surface area contributed by atoms with Crippen molar-refractivity contribution in [2.24, 2.45) is 0 Å². The molecule has 0 amide bonds. The number of hydrogen-bond acceptors (Lipinski definition) is 2. The van der Waals surface area contributed by atoms with Crippen molar-refractivity contribution in [1.82, 2.24) is 9.78 Å². The molecule has 20 heavy (non-hydrogen) atoms. The highest BCUT2D eigenvalue weighted by molar-refractivity contribution is 6.30. The molecule has 2 rings (SSSR count). The second-order valence-corrected chi connectivity index (χ2v) is 5.10. The summed E-state index contributed by atoms with van der Waals surface area (Å²) in [4.78, 5) is 0. The SMILES string of the molecule is CCc1cc(CC(O)c2ccc(F)c(Cl)c2)n(CC)n1. The van der Waals surface area contributed by atoms with Crippen molar-refractivity contribution in [3.8, 4) is 0 Å². The molecule has 0 fully saturated rings. The van der Waals surface area contributed by atoms with Gasteiger partial charge < -0.3 is 5.11 Å². The minimum atomic E-state index is -0.722. The van der Waals surface area contributed by atoms with Crippen LogP contribution in [-0.4, -0.2) is 14.9 Å². The first kappa shape index (κ1) is 15.0. The van der Waals surface area contributed by atoms with E-state index in [2.05, 4.69) is 5.10 Å². The molecule has 0 radical (unpaired) electrons. The van der Waals surface area contributed by atoms with Crippen LogP contribution in [0.5, 0.6) is 0 Å². The molecule has 2 aromatic rings. The Kier molecular flexibility index (Phi) is 4.78. The van der Waals surface area contributed by atoms with Gasteiger partial charge in [-0.25, -0.2) is 4.39 Å². The molecule has 1 heterocycles. The fraction of sp³-hybridized carbons (Fsp3) is 0.400. The zero-order valence-corrected chi connectivity index (χ0v) is 12.4. The van der Waals surface area contributed by atoms with E-state index in [0.717, 1.165) is 24.4 Å². The first-order valence-electron chi connectivity index (χ1n) is 6.73. The van der Waals surface area contributed by atoms with E-state index in [0.29, 0.717) is 12.0 Å². The Morgan fingerprint density at radius 2 is 2.10 bits per heavy atom. The highest BCUT2D eigenvalue weighted by atomic mass is 35.5. The van der Waals surface area contributed by atoms with Crippen molar-refractivity contribution >= 4 is 11.6 Å². The lowest BCUT2D eigenvalue weighted by molar-refractivity contribution is 0.175. The van der Waals surface area contributed by atoms with Crippen LogP contribution in [0, 0.1) is 5.82 Å². The maximum Gasteiger partial charge on any atom is 0.141 e. The highest BCUT2D eigenvalue weighted by Crippen LogP contribution is 2.24. The molecule has 108 valence electrons. The molecule has 0 spiro atoms. The molecule has 5 heteroatoms. The first-order valence-corrected chi connectivity index (χ1v) is 7.11. The lowest BCUT2D eigenvalue weighted by Gasteiger charge is -2.12. The van der Waals surface area contributed by atoms with Crippen molar-refractivity contribution in [3.05, 3.63) is 52.1 Å². The Labute approximate surface area is 123 Å². The van der Waals surface area contributed by atoms with Crippen LogP contribution >= 0.6 is 11.6 Å². The van der Waals surface area contributed by atoms with Gasteiger partial charge in [0.25, 0.3) is 0 Å².